The fourth-order valence-corrected chi connectivity index (χ4v) is 5.49. The van der Waals surface area contributed by atoms with Crippen LogP contribution in [0.5, 0.6) is 0 Å². The van der Waals surface area contributed by atoms with Crippen molar-refractivity contribution in [3.05, 3.63) is 30.1 Å². The summed E-state index contributed by atoms with van der Waals surface area (Å²) >= 11 is 0. The molecule has 4 fully saturated rings. The quantitative estimate of drug-likeness (QED) is 0.862. The monoisotopic (exact) mass is 242 g/mol. The molecule has 1 aromatic rings. The first kappa shape index (κ1) is 11.0. The van der Waals surface area contributed by atoms with E-state index in [1.54, 1.807) is 0 Å². The van der Waals surface area contributed by atoms with Crippen molar-refractivity contribution in [2.75, 3.05) is 7.05 Å². The minimum atomic E-state index is 0.422. The van der Waals surface area contributed by atoms with Crippen LogP contribution in [-0.2, 0) is 5.41 Å². The minimum Gasteiger partial charge on any atom is -0.316 e. The highest BCUT2D eigenvalue weighted by Crippen LogP contribution is 2.60. The summed E-state index contributed by atoms with van der Waals surface area (Å²) in [7, 11) is 2.15. The lowest BCUT2D eigenvalue weighted by Gasteiger charge is -2.60. The Hall–Kier alpha value is -0.890. The summed E-state index contributed by atoms with van der Waals surface area (Å²) < 4.78 is 0. The number of nitrogens with one attached hydrogen (secondary N) is 1. The zero-order valence-electron chi connectivity index (χ0n) is 11.1. The Morgan fingerprint density at radius 3 is 2.56 bits per heavy atom. The van der Waals surface area contributed by atoms with Crippen LogP contribution in [0.1, 0.15) is 37.8 Å². The van der Waals surface area contributed by atoms with Crippen LogP contribution >= 0.6 is 0 Å². The number of rotatable bonds is 2. The average molecular weight is 242 g/mol. The van der Waals surface area contributed by atoms with E-state index in [-0.39, 0.29) is 0 Å². The van der Waals surface area contributed by atoms with Gasteiger partial charge in [-0.3, -0.25) is 4.98 Å². The Morgan fingerprint density at radius 1 is 1.17 bits per heavy atom. The molecule has 4 bridgehead atoms. The van der Waals surface area contributed by atoms with Gasteiger partial charge in [0.2, 0.25) is 0 Å². The van der Waals surface area contributed by atoms with Crippen LogP contribution in [0.4, 0.5) is 0 Å². The maximum Gasteiger partial charge on any atom is 0.0465 e. The summed E-state index contributed by atoms with van der Waals surface area (Å²) in [6.07, 6.45) is 9.01. The maximum atomic E-state index is 4.70. The molecule has 0 saturated heterocycles. The second-order valence-electron chi connectivity index (χ2n) is 6.78. The Labute approximate surface area is 109 Å². The van der Waals surface area contributed by atoms with Crippen LogP contribution < -0.4 is 5.32 Å². The summed E-state index contributed by atoms with van der Waals surface area (Å²) in [6, 6.07) is 7.25. The standard InChI is InChI=1S/C16H22N2/c1-17-15-12-6-11-7-13(15)10-16(8-11,9-12)14-4-2-3-5-18-14/h2-5,11-13,15,17H,6-10H2,1H3. The predicted molar refractivity (Wildman–Crippen MR) is 72.3 cm³/mol. The van der Waals surface area contributed by atoms with E-state index in [0.29, 0.717) is 5.41 Å². The van der Waals surface area contributed by atoms with Gasteiger partial charge in [-0.05, 0) is 69.0 Å². The summed E-state index contributed by atoms with van der Waals surface area (Å²) in [6.45, 7) is 0. The van der Waals surface area contributed by atoms with Gasteiger partial charge >= 0.3 is 0 Å². The fraction of sp³-hybridized carbons (Fsp3) is 0.688. The second kappa shape index (κ2) is 3.80. The lowest BCUT2D eigenvalue weighted by Crippen LogP contribution is -2.59. The molecule has 0 amide bonds. The van der Waals surface area contributed by atoms with E-state index in [0.717, 1.165) is 23.8 Å². The topological polar surface area (TPSA) is 24.9 Å². The molecular weight excluding hydrogens is 220 g/mol. The van der Waals surface area contributed by atoms with Gasteiger partial charge in [0.15, 0.2) is 0 Å². The Morgan fingerprint density at radius 2 is 1.94 bits per heavy atom. The van der Waals surface area contributed by atoms with Crippen molar-refractivity contribution in [3.8, 4) is 0 Å². The van der Waals surface area contributed by atoms with Crippen molar-refractivity contribution in [3.63, 3.8) is 0 Å². The van der Waals surface area contributed by atoms with Crippen LogP contribution in [-0.4, -0.2) is 18.1 Å². The summed E-state index contributed by atoms with van der Waals surface area (Å²) in [5.74, 6) is 2.75. The molecule has 2 heteroatoms. The molecule has 5 rings (SSSR count). The zero-order valence-corrected chi connectivity index (χ0v) is 11.1. The first-order valence-electron chi connectivity index (χ1n) is 7.39. The highest BCUT2D eigenvalue weighted by Gasteiger charge is 2.55. The SMILES string of the molecule is CNC1C2CC3CC1CC(c1ccccn1)(C3)C2. The van der Waals surface area contributed by atoms with Crippen LogP contribution in [0.15, 0.2) is 24.4 Å². The number of hydrogen-bond donors (Lipinski definition) is 1. The zero-order chi connectivity index (χ0) is 12.2. The summed E-state index contributed by atoms with van der Waals surface area (Å²) in [5.41, 5.74) is 1.80. The van der Waals surface area contributed by atoms with Crippen molar-refractivity contribution in [2.24, 2.45) is 17.8 Å². The number of aromatic nitrogens is 1. The van der Waals surface area contributed by atoms with E-state index >= 15 is 0 Å². The molecule has 2 unspecified atom stereocenters. The van der Waals surface area contributed by atoms with Crippen LogP contribution in [0.3, 0.4) is 0 Å². The Balaban J connectivity index is 1.73. The van der Waals surface area contributed by atoms with Gasteiger partial charge in [0.25, 0.3) is 0 Å². The van der Waals surface area contributed by atoms with E-state index in [4.69, 9.17) is 4.98 Å². The van der Waals surface area contributed by atoms with Gasteiger partial charge in [-0.15, -0.1) is 0 Å². The molecule has 0 aromatic carbocycles. The molecule has 96 valence electrons. The van der Waals surface area contributed by atoms with Gasteiger partial charge in [0.1, 0.15) is 0 Å². The van der Waals surface area contributed by atoms with Gasteiger partial charge in [-0.1, -0.05) is 6.07 Å². The normalized spacial score (nSPS) is 45.4. The molecule has 4 aliphatic carbocycles. The number of pyridine rings is 1. The third kappa shape index (κ3) is 1.41. The van der Waals surface area contributed by atoms with E-state index in [1.165, 1.54) is 37.8 Å². The average Bonchev–Trinajstić information content (AvgIpc) is 2.39. The molecule has 4 aliphatic rings. The van der Waals surface area contributed by atoms with Gasteiger partial charge < -0.3 is 5.32 Å². The van der Waals surface area contributed by atoms with Crippen molar-refractivity contribution in [2.45, 2.75) is 43.6 Å². The highest BCUT2D eigenvalue weighted by atomic mass is 14.9. The van der Waals surface area contributed by atoms with E-state index < -0.39 is 0 Å². The van der Waals surface area contributed by atoms with E-state index in [1.807, 2.05) is 12.3 Å². The molecule has 0 spiro atoms. The van der Waals surface area contributed by atoms with Crippen molar-refractivity contribution in [1.82, 2.24) is 10.3 Å². The molecule has 0 radical (unpaired) electrons. The van der Waals surface area contributed by atoms with Crippen LogP contribution in [0.25, 0.3) is 0 Å². The largest absolute Gasteiger partial charge is 0.316 e. The third-order valence-corrected chi connectivity index (χ3v) is 5.81. The molecular formula is C16H22N2. The van der Waals surface area contributed by atoms with Gasteiger partial charge in [0, 0.05) is 23.3 Å². The van der Waals surface area contributed by atoms with Gasteiger partial charge in [-0.2, -0.15) is 0 Å². The molecule has 0 aliphatic heterocycles. The fourth-order valence-electron chi connectivity index (χ4n) is 5.49. The molecule has 2 nitrogen and oxygen atoms in total. The predicted octanol–water partition coefficient (Wildman–Crippen LogP) is 2.75. The lowest BCUT2D eigenvalue weighted by molar-refractivity contribution is -0.0343. The van der Waals surface area contributed by atoms with Crippen LogP contribution in [0, 0.1) is 17.8 Å². The molecule has 18 heavy (non-hydrogen) atoms. The van der Waals surface area contributed by atoms with Crippen molar-refractivity contribution >= 4 is 0 Å². The molecule has 1 heterocycles. The van der Waals surface area contributed by atoms with Crippen molar-refractivity contribution in [1.29, 1.82) is 0 Å². The Kier molecular flexibility index (Phi) is 2.32. The van der Waals surface area contributed by atoms with Crippen molar-refractivity contribution < 1.29 is 0 Å². The minimum absolute atomic E-state index is 0.422. The lowest BCUT2D eigenvalue weighted by atomic mass is 9.47. The van der Waals surface area contributed by atoms with E-state index in [9.17, 15) is 0 Å². The maximum absolute atomic E-state index is 4.70. The van der Waals surface area contributed by atoms with Gasteiger partial charge in [-0.25, -0.2) is 0 Å². The van der Waals surface area contributed by atoms with Gasteiger partial charge in [0.05, 0.1) is 0 Å². The second-order valence-corrected chi connectivity index (χ2v) is 6.78. The van der Waals surface area contributed by atoms with E-state index in [2.05, 4.69) is 24.5 Å². The molecule has 1 N–H and O–H groups in total. The number of nitrogens with zero attached hydrogens (tertiary/aromatic N) is 1. The highest BCUT2D eigenvalue weighted by molar-refractivity contribution is 5.24. The third-order valence-electron chi connectivity index (χ3n) is 5.81. The first-order chi connectivity index (χ1) is 8.81. The first-order valence-corrected chi connectivity index (χ1v) is 7.39. The summed E-state index contributed by atoms with van der Waals surface area (Å²) in [4.78, 5) is 4.70. The van der Waals surface area contributed by atoms with Crippen LogP contribution in [0.2, 0.25) is 0 Å². The Bertz CT molecular complexity index is 426. The smallest absolute Gasteiger partial charge is 0.0465 e. The number of hydrogen-bond acceptors (Lipinski definition) is 2. The molecule has 1 aromatic heterocycles. The molecule has 2 atom stereocenters. The summed E-state index contributed by atoms with van der Waals surface area (Å²) in [5, 5.41) is 3.60. The molecule has 4 saturated carbocycles.